The van der Waals surface area contributed by atoms with E-state index in [0.29, 0.717) is 17.2 Å². The van der Waals surface area contributed by atoms with Crippen LogP contribution in [-0.2, 0) is 6.42 Å². The van der Waals surface area contributed by atoms with E-state index < -0.39 is 0 Å². The number of nitrogen functional groups attached to an aromatic ring is 1. The van der Waals surface area contributed by atoms with Crippen molar-refractivity contribution in [1.82, 2.24) is 10.2 Å². The van der Waals surface area contributed by atoms with E-state index in [4.69, 9.17) is 5.73 Å². The van der Waals surface area contributed by atoms with Crippen LogP contribution in [0.4, 0.5) is 5.82 Å². The monoisotopic (exact) mass is 193 g/mol. The molecule has 1 aliphatic rings. The first kappa shape index (κ1) is 9.56. The molecule has 78 valence electrons. The summed E-state index contributed by atoms with van der Waals surface area (Å²) in [7, 11) is 0. The number of nitrogens with zero attached hydrogens (tertiary/aromatic N) is 1. The fourth-order valence-corrected chi connectivity index (χ4v) is 2.58. The van der Waals surface area contributed by atoms with E-state index >= 15 is 0 Å². The average molecular weight is 193 g/mol. The van der Waals surface area contributed by atoms with Crippen LogP contribution in [0.3, 0.4) is 0 Å². The smallest absolute Gasteiger partial charge is 0.148 e. The van der Waals surface area contributed by atoms with Crippen molar-refractivity contribution in [2.45, 2.75) is 46.0 Å². The maximum atomic E-state index is 5.79. The van der Waals surface area contributed by atoms with Gasteiger partial charge in [0.2, 0.25) is 0 Å². The Labute approximate surface area is 85.1 Å². The van der Waals surface area contributed by atoms with Gasteiger partial charge in [0.1, 0.15) is 5.82 Å². The number of rotatable bonds is 2. The summed E-state index contributed by atoms with van der Waals surface area (Å²) in [6.07, 6.45) is 3.48. The molecule has 0 saturated heterocycles. The van der Waals surface area contributed by atoms with E-state index in [1.165, 1.54) is 24.1 Å². The molecule has 2 rings (SSSR count). The predicted molar refractivity (Wildman–Crippen MR) is 58.1 cm³/mol. The molecular weight excluding hydrogens is 174 g/mol. The zero-order chi connectivity index (χ0) is 10.3. The van der Waals surface area contributed by atoms with Gasteiger partial charge in [0.05, 0.1) is 0 Å². The molecule has 3 heteroatoms. The lowest BCUT2D eigenvalue weighted by molar-refractivity contribution is 0.148. The molecule has 0 bridgehead atoms. The molecule has 0 spiro atoms. The molecule has 0 unspecified atom stereocenters. The Morgan fingerprint density at radius 1 is 1.50 bits per heavy atom. The summed E-state index contributed by atoms with van der Waals surface area (Å²) in [5, 5.41) is 7.18. The summed E-state index contributed by atoms with van der Waals surface area (Å²) in [5.74, 6) is 1.34. The lowest BCUT2D eigenvalue weighted by Gasteiger charge is -2.42. The van der Waals surface area contributed by atoms with Crippen LogP contribution in [0.2, 0.25) is 0 Å². The van der Waals surface area contributed by atoms with Crippen LogP contribution in [0.25, 0.3) is 0 Å². The molecule has 1 aromatic heterocycles. The predicted octanol–water partition coefficient (Wildman–Crippen LogP) is 2.46. The van der Waals surface area contributed by atoms with Crippen molar-refractivity contribution in [1.29, 1.82) is 0 Å². The molecule has 0 aromatic carbocycles. The highest BCUT2D eigenvalue weighted by atomic mass is 15.2. The Morgan fingerprint density at radius 2 is 2.14 bits per heavy atom. The molecule has 0 radical (unpaired) electrons. The SMILES string of the molecule is CCc1c(N)n[nH]c1C1CC(C)(C)C1. The van der Waals surface area contributed by atoms with Crippen molar-refractivity contribution in [3.63, 3.8) is 0 Å². The number of hydrogen-bond donors (Lipinski definition) is 2. The third-order valence-corrected chi connectivity index (χ3v) is 3.29. The van der Waals surface area contributed by atoms with Gasteiger partial charge in [0.25, 0.3) is 0 Å². The third kappa shape index (κ3) is 1.41. The molecule has 0 aliphatic heterocycles. The fourth-order valence-electron chi connectivity index (χ4n) is 2.58. The number of hydrogen-bond acceptors (Lipinski definition) is 2. The summed E-state index contributed by atoms with van der Waals surface area (Å²) in [6.45, 7) is 6.76. The summed E-state index contributed by atoms with van der Waals surface area (Å²) >= 11 is 0. The molecule has 1 fully saturated rings. The van der Waals surface area contributed by atoms with Gasteiger partial charge < -0.3 is 5.73 Å². The quantitative estimate of drug-likeness (QED) is 0.758. The van der Waals surface area contributed by atoms with Gasteiger partial charge in [0, 0.05) is 17.2 Å². The number of aromatic amines is 1. The second kappa shape index (κ2) is 3.01. The number of nitrogens with one attached hydrogen (secondary N) is 1. The van der Waals surface area contributed by atoms with E-state index in [1.54, 1.807) is 0 Å². The Kier molecular flexibility index (Phi) is 2.05. The first-order chi connectivity index (χ1) is 6.53. The van der Waals surface area contributed by atoms with Gasteiger partial charge in [-0.25, -0.2) is 0 Å². The molecule has 1 aromatic rings. The van der Waals surface area contributed by atoms with E-state index in [9.17, 15) is 0 Å². The molecule has 0 amide bonds. The van der Waals surface area contributed by atoms with Gasteiger partial charge in [-0.15, -0.1) is 0 Å². The summed E-state index contributed by atoms with van der Waals surface area (Å²) in [4.78, 5) is 0. The zero-order valence-electron chi connectivity index (χ0n) is 9.22. The second-order valence-electron chi connectivity index (χ2n) is 5.12. The molecule has 3 N–H and O–H groups in total. The minimum absolute atomic E-state index is 0.509. The standard InChI is InChI=1S/C11H19N3/c1-4-8-9(13-14-10(8)12)7-5-11(2,3)6-7/h7H,4-6H2,1-3H3,(H3,12,13,14). The fraction of sp³-hybridized carbons (Fsp3) is 0.727. The van der Waals surface area contributed by atoms with Crippen molar-refractivity contribution in [2.75, 3.05) is 5.73 Å². The first-order valence-electron chi connectivity index (χ1n) is 5.36. The molecular formula is C11H19N3. The molecule has 3 nitrogen and oxygen atoms in total. The Hall–Kier alpha value is -0.990. The van der Waals surface area contributed by atoms with Gasteiger partial charge in [-0.3, -0.25) is 5.10 Å². The van der Waals surface area contributed by atoms with Gasteiger partial charge in [-0.05, 0) is 24.7 Å². The number of nitrogens with two attached hydrogens (primary N) is 1. The van der Waals surface area contributed by atoms with Crippen LogP contribution >= 0.6 is 0 Å². The van der Waals surface area contributed by atoms with E-state index in [2.05, 4.69) is 31.0 Å². The van der Waals surface area contributed by atoms with Crippen molar-refractivity contribution >= 4 is 5.82 Å². The highest BCUT2D eigenvalue weighted by Gasteiger charge is 2.38. The summed E-state index contributed by atoms with van der Waals surface area (Å²) in [5.41, 5.74) is 8.81. The third-order valence-electron chi connectivity index (χ3n) is 3.29. The maximum absolute atomic E-state index is 5.79. The number of H-pyrrole nitrogens is 1. The van der Waals surface area contributed by atoms with Crippen molar-refractivity contribution in [2.24, 2.45) is 5.41 Å². The van der Waals surface area contributed by atoms with Crippen LogP contribution < -0.4 is 5.73 Å². The van der Waals surface area contributed by atoms with Crippen LogP contribution in [0.15, 0.2) is 0 Å². The molecule has 0 atom stereocenters. The largest absolute Gasteiger partial charge is 0.382 e. The second-order valence-corrected chi connectivity index (χ2v) is 5.12. The summed E-state index contributed by atoms with van der Waals surface area (Å²) in [6, 6.07) is 0. The maximum Gasteiger partial charge on any atom is 0.148 e. The van der Waals surface area contributed by atoms with Gasteiger partial charge in [0.15, 0.2) is 0 Å². The van der Waals surface area contributed by atoms with Crippen LogP contribution in [-0.4, -0.2) is 10.2 Å². The number of aromatic nitrogens is 2. The Morgan fingerprint density at radius 3 is 2.64 bits per heavy atom. The van der Waals surface area contributed by atoms with Crippen LogP contribution in [0.5, 0.6) is 0 Å². The molecule has 1 saturated carbocycles. The van der Waals surface area contributed by atoms with Crippen LogP contribution in [0.1, 0.15) is 50.8 Å². The summed E-state index contributed by atoms with van der Waals surface area (Å²) < 4.78 is 0. The zero-order valence-corrected chi connectivity index (χ0v) is 9.22. The highest BCUT2D eigenvalue weighted by molar-refractivity contribution is 5.44. The molecule has 1 heterocycles. The Balaban J connectivity index is 2.18. The van der Waals surface area contributed by atoms with E-state index in [-0.39, 0.29) is 0 Å². The average Bonchev–Trinajstić information content (AvgIpc) is 2.42. The highest BCUT2D eigenvalue weighted by Crippen LogP contribution is 2.50. The van der Waals surface area contributed by atoms with Gasteiger partial charge >= 0.3 is 0 Å². The molecule has 14 heavy (non-hydrogen) atoms. The Bertz CT molecular complexity index is 330. The van der Waals surface area contributed by atoms with Crippen molar-refractivity contribution < 1.29 is 0 Å². The minimum atomic E-state index is 0.509. The normalized spacial score (nSPS) is 20.8. The number of anilines is 1. The lowest BCUT2D eigenvalue weighted by atomic mass is 9.63. The topological polar surface area (TPSA) is 54.7 Å². The van der Waals surface area contributed by atoms with E-state index in [0.717, 1.165) is 6.42 Å². The lowest BCUT2D eigenvalue weighted by Crippen LogP contribution is -2.30. The van der Waals surface area contributed by atoms with Crippen molar-refractivity contribution in [3.05, 3.63) is 11.3 Å². The minimum Gasteiger partial charge on any atom is -0.382 e. The first-order valence-corrected chi connectivity index (χ1v) is 5.36. The van der Waals surface area contributed by atoms with Gasteiger partial charge in [-0.2, -0.15) is 5.10 Å². The van der Waals surface area contributed by atoms with Gasteiger partial charge in [-0.1, -0.05) is 20.8 Å². The van der Waals surface area contributed by atoms with Crippen LogP contribution in [0, 0.1) is 5.41 Å². The van der Waals surface area contributed by atoms with Crippen molar-refractivity contribution in [3.8, 4) is 0 Å². The van der Waals surface area contributed by atoms with E-state index in [1.807, 2.05) is 0 Å². The molecule has 1 aliphatic carbocycles.